The molecule has 2 aromatic rings. The summed E-state index contributed by atoms with van der Waals surface area (Å²) >= 11 is 0. The number of nitrogens with one attached hydrogen (secondary N) is 4. The lowest BCUT2D eigenvalue weighted by atomic mass is 9.81. The molecular weight excluding hydrogens is 456 g/mol. The Morgan fingerprint density at radius 2 is 0.778 bits per heavy atom. The first kappa shape index (κ1) is 26.9. The zero-order valence-corrected chi connectivity index (χ0v) is 21.4. The highest BCUT2D eigenvalue weighted by atomic mass is 16.2. The van der Waals surface area contributed by atoms with Crippen LogP contribution in [-0.4, -0.2) is 23.6 Å². The van der Waals surface area contributed by atoms with Crippen LogP contribution in [0.2, 0.25) is 0 Å². The molecule has 0 aliphatic heterocycles. The second-order valence-corrected chi connectivity index (χ2v) is 9.97. The van der Waals surface area contributed by atoms with E-state index in [0.29, 0.717) is 48.4 Å². The van der Waals surface area contributed by atoms with Crippen molar-refractivity contribution in [3.63, 3.8) is 0 Å². The van der Waals surface area contributed by atoms with Crippen LogP contribution in [0.5, 0.6) is 0 Å². The average Bonchev–Trinajstić information content (AvgIpc) is 2.86. The molecule has 0 saturated heterocycles. The van der Waals surface area contributed by atoms with Gasteiger partial charge in [0.2, 0.25) is 23.6 Å². The van der Waals surface area contributed by atoms with Gasteiger partial charge in [-0.1, -0.05) is 27.7 Å². The van der Waals surface area contributed by atoms with Gasteiger partial charge in [0.15, 0.2) is 0 Å². The van der Waals surface area contributed by atoms with E-state index in [-0.39, 0.29) is 47.3 Å². The third-order valence-electron chi connectivity index (χ3n) is 6.36. The molecule has 0 atom stereocenters. The van der Waals surface area contributed by atoms with Crippen molar-refractivity contribution in [2.45, 2.75) is 53.4 Å². The van der Waals surface area contributed by atoms with Crippen molar-refractivity contribution in [2.75, 3.05) is 21.3 Å². The van der Waals surface area contributed by atoms with Crippen LogP contribution in [0.1, 0.15) is 53.4 Å². The molecule has 8 heteroatoms. The molecule has 192 valence electrons. The first-order valence-electron chi connectivity index (χ1n) is 12.6. The molecule has 2 aromatic carbocycles. The SMILES string of the molecule is CC(C)C(=O)Nc1ccc(NC(=O)C2CCC(C(=O)Nc3ccc(NC(=O)C(C)C)cc3)CC2)cc1. The Kier molecular flexibility index (Phi) is 9.22. The number of amides is 4. The van der Waals surface area contributed by atoms with Gasteiger partial charge in [-0.2, -0.15) is 0 Å². The van der Waals surface area contributed by atoms with E-state index in [1.54, 1.807) is 48.5 Å². The van der Waals surface area contributed by atoms with Gasteiger partial charge in [-0.25, -0.2) is 0 Å². The normalized spacial score (nSPS) is 17.4. The van der Waals surface area contributed by atoms with Crippen molar-refractivity contribution in [3.8, 4) is 0 Å². The van der Waals surface area contributed by atoms with E-state index in [9.17, 15) is 19.2 Å². The Morgan fingerprint density at radius 1 is 0.528 bits per heavy atom. The lowest BCUT2D eigenvalue weighted by molar-refractivity contribution is -0.125. The monoisotopic (exact) mass is 492 g/mol. The fourth-order valence-corrected chi connectivity index (χ4v) is 3.95. The van der Waals surface area contributed by atoms with Gasteiger partial charge < -0.3 is 21.3 Å². The minimum absolute atomic E-state index is 0.0492. The number of carbonyl (C=O) groups excluding carboxylic acids is 4. The van der Waals surface area contributed by atoms with Crippen LogP contribution < -0.4 is 21.3 Å². The lowest BCUT2D eigenvalue weighted by Crippen LogP contribution is -2.32. The number of hydrogen-bond acceptors (Lipinski definition) is 4. The second kappa shape index (κ2) is 12.3. The van der Waals surface area contributed by atoms with Crippen LogP contribution in [0, 0.1) is 23.7 Å². The summed E-state index contributed by atoms with van der Waals surface area (Å²) < 4.78 is 0. The highest BCUT2D eigenvalue weighted by Gasteiger charge is 2.30. The predicted molar refractivity (Wildman–Crippen MR) is 143 cm³/mol. The Hall–Kier alpha value is -3.68. The van der Waals surface area contributed by atoms with Gasteiger partial charge in [0.05, 0.1) is 0 Å². The van der Waals surface area contributed by atoms with E-state index in [1.165, 1.54) is 0 Å². The average molecular weight is 493 g/mol. The molecule has 1 fully saturated rings. The maximum atomic E-state index is 12.7. The summed E-state index contributed by atoms with van der Waals surface area (Å²) in [6.07, 6.45) is 2.58. The number of rotatable bonds is 8. The smallest absolute Gasteiger partial charge is 0.227 e. The van der Waals surface area contributed by atoms with E-state index in [0.717, 1.165) is 0 Å². The molecule has 0 radical (unpaired) electrons. The van der Waals surface area contributed by atoms with Crippen LogP contribution in [0.15, 0.2) is 48.5 Å². The number of hydrogen-bond donors (Lipinski definition) is 4. The Morgan fingerprint density at radius 3 is 1.03 bits per heavy atom. The Balaban J connectivity index is 1.44. The summed E-state index contributed by atoms with van der Waals surface area (Å²) in [6, 6.07) is 14.1. The number of anilines is 4. The summed E-state index contributed by atoms with van der Waals surface area (Å²) in [6.45, 7) is 7.32. The summed E-state index contributed by atoms with van der Waals surface area (Å²) in [7, 11) is 0. The highest BCUT2D eigenvalue weighted by molar-refractivity contribution is 5.96. The molecule has 1 aliphatic rings. The molecule has 0 unspecified atom stereocenters. The van der Waals surface area contributed by atoms with Crippen LogP contribution in [-0.2, 0) is 19.2 Å². The minimum Gasteiger partial charge on any atom is -0.326 e. The van der Waals surface area contributed by atoms with Gasteiger partial charge in [-0.3, -0.25) is 19.2 Å². The molecule has 4 N–H and O–H groups in total. The molecule has 1 saturated carbocycles. The maximum absolute atomic E-state index is 12.7. The summed E-state index contributed by atoms with van der Waals surface area (Å²) in [5, 5.41) is 11.5. The second-order valence-electron chi connectivity index (χ2n) is 9.97. The van der Waals surface area contributed by atoms with E-state index in [4.69, 9.17) is 0 Å². The van der Waals surface area contributed by atoms with Crippen molar-refractivity contribution in [1.82, 2.24) is 0 Å². The van der Waals surface area contributed by atoms with Crippen molar-refractivity contribution in [3.05, 3.63) is 48.5 Å². The first-order chi connectivity index (χ1) is 17.1. The molecule has 0 aromatic heterocycles. The minimum atomic E-state index is -0.141. The Labute approximate surface area is 212 Å². The predicted octanol–water partition coefficient (Wildman–Crippen LogP) is 5.26. The molecule has 0 spiro atoms. The summed E-state index contributed by atoms with van der Waals surface area (Å²) in [5.74, 6) is -0.702. The first-order valence-corrected chi connectivity index (χ1v) is 12.6. The van der Waals surface area contributed by atoms with Crippen molar-refractivity contribution < 1.29 is 19.2 Å². The van der Waals surface area contributed by atoms with Crippen molar-refractivity contribution in [1.29, 1.82) is 0 Å². The van der Waals surface area contributed by atoms with Gasteiger partial charge >= 0.3 is 0 Å². The van der Waals surface area contributed by atoms with Crippen LogP contribution in [0.4, 0.5) is 22.7 Å². The molecule has 1 aliphatic carbocycles. The molecular formula is C28H36N4O4. The van der Waals surface area contributed by atoms with E-state index in [2.05, 4.69) is 21.3 Å². The maximum Gasteiger partial charge on any atom is 0.227 e. The topological polar surface area (TPSA) is 116 Å². The lowest BCUT2D eigenvalue weighted by Gasteiger charge is -2.27. The fourth-order valence-electron chi connectivity index (χ4n) is 3.95. The fraction of sp³-hybridized carbons (Fsp3) is 0.429. The third-order valence-corrected chi connectivity index (χ3v) is 6.36. The van der Waals surface area contributed by atoms with Gasteiger partial charge in [0, 0.05) is 46.4 Å². The van der Waals surface area contributed by atoms with Crippen molar-refractivity contribution >= 4 is 46.4 Å². The van der Waals surface area contributed by atoms with Gasteiger partial charge in [0.25, 0.3) is 0 Å². The van der Waals surface area contributed by atoms with Crippen molar-refractivity contribution in [2.24, 2.45) is 23.7 Å². The molecule has 8 nitrogen and oxygen atoms in total. The molecule has 4 amide bonds. The van der Waals surface area contributed by atoms with Crippen LogP contribution in [0.3, 0.4) is 0 Å². The molecule has 0 bridgehead atoms. The van der Waals surface area contributed by atoms with E-state index in [1.807, 2.05) is 27.7 Å². The van der Waals surface area contributed by atoms with Crippen LogP contribution >= 0.6 is 0 Å². The van der Waals surface area contributed by atoms with Gasteiger partial charge in [0.1, 0.15) is 0 Å². The quantitative estimate of drug-likeness (QED) is 0.402. The number of carbonyl (C=O) groups is 4. The van der Waals surface area contributed by atoms with Crippen LogP contribution in [0.25, 0.3) is 0 Å². The molecule has 36 heavy (non-hydrogen) atoms. The van der Waals surface area contributed by atoms with E-state index >= 15 is 0 Å². The summed E-state index contributed by atoms with van der Waals surface area (Å²) in [5.41, 5.74) is 2.73. The molecule has 3 rings (SSSR count). The highest BCUT2D eigenvalue weighted by Crippen LogP contribution is 2.31. The number of benzene rings is 2. The van der Waals surface area contributed by atoms with E-state index < -0.39 is 0 Å². The third kappa shape index (κ3) is 7.66. The largest absolute Gasteiger partial charge is 0.326 e. The Bertz CT molecular complexity index is 982. The summed E-state index contributed by atoms with van der Waals surface area (Å²) in [4.78, 5) is 49.1. The zero-order valence-electron chi connectivity index (χ0n) is 21.4. The standard InChI is InChI=1S/C28H36N4O4/c1-17(2)25(33)29-21-9-13-23(14-10-21)31-27(35)19-5-7-20(8-6-19)28(36)32-24-15-11-22(12-16-24)30-26(34)18(3)4/h9-20H,5-8H2,1-4H3,(H,29,33)(H,30,34)(H,31,35)(H,32,36). The van der Waals surface area contributed by atoms with Gasteiger partial charge in [-0.15, -0.1) is 0 Å². The zero-order chi connectivity index (χ0) is 26.2. The van der Waals surface area contributed by atoms with Gasteiger partial charge in [-0.05, 0) is 74.2 Å². The molecule has 0 heterocycles.